The normalized spacial score (nSPS) is 12.1. The second-order valence-corrected chi connectivity index (χ2v) is 4.17. The molecule has 0 bridgehead atoms. The Morgan fingerprint density at radius 3 is 2.39 bits per heavy atom. The van der Waals surface area contributed by atoms with Crippen molar-refractivity contribution in [3.63, 3.8) is 0 Å². The van der Waals surface area contributed by atoms with E-state index in [0.717, 1.165) is 11.1 Å². The van der Waals surface area contributed by atoms with Crippen LogP contribution < -0.4 is 5.73 Å². The smallest absolute Gasteiger partial charge is 0.292 e. The lowest BCUT2D eigenvalue weighted by molar-refractivity contribution is -0.383. The number of para-hydroxylation sites is 1. The van der Waals surface area contributed by atoms with Crippen LogP contribution >= 0.6 is 0 Å². The molecule has 2 rings (SSSR count). The van der Waals surface area contributed by atoms with Crippen LogP contribution in [0.15, 0.2) is 48.5 Å². The maximum atomic E-state index is 10.9. The van der Waals surface area contributed by atoms with E-state index in [1.165, 1.54) is 6.07 Å². The van der Waals surface area contributed by atoms with Crippen LogP contribution in [0.25, 0.3) is 0 Å². The van der Waals surface area contributed by atoms with Crippen LogP contribution in [0.2, 0.25) is 0 Å². The molecule has 1 atom stereocenters. The number of nitrogens with zero attached hydrogens (tertiary/aromatic N) is 1. The molecule has 0 spiro atoms. The molecule has 4 nitrogen and oxygen atoms in total. The van der Waals surface area contributed by atoms with E-state index in [0.29, 0.717) is 0 Å². The summed E-state index contributed by atoms with van der Waals surface area (Å²) in [7, 11) is 0. The first-order chi connectivity index (χ1) is 8.61. The summed E-state index contributed by atoms with van der Waals surface area (Å²) >= 11 is 0. The van der Waals surface area contributed by atoms with E-state index in [-0.39, 0.29) is 17.3 Å². The molecule has 0 fully saturated rings. The molecule has 4 heteroatoms. The summed E-state index contributed by atoms with van der Waals surface area (Å²) < 4.78 is 0. The average molecular weight is 242 g/mol. The summed E-state index contributed by atoms with van der Waals surface area (Å²) in [4.78, 5) is 10.4. The van der Waals surface area contributed by atoms with E-state index in [2.05, 4.69) is 0 Å². The van der Waals surface area contributed by atoms with E-state index in [4.69, 9.17) is 5.73 Å². The molecule has 1 unspecified atom stereocenters. The predicted molar refractivity (Wildman–Crippen MR) is 71.5 cm³/mol. The number of benzene rings is 2. The molecule has 0 saturated heterocycles. The van der Waals surface area contributed by atoms with Crippen LogP contribution in [0.3, 0.4) is 0 Å². The molecule has 0 heterocycles. The van der Waals surface area contributed by atoms with Gasteiger partial charge in [-0.25, -0.2) is 0 Å². The first kappa shape index (κ1) is 12.1. The second kappa shape index (κ2) is 4.87. The lowest BCUT2D eigenvalue weighted by Gasteiger charge is -2.14. The Kier molecular flexibility index (Phi) is 3.28. The molecule has 0 aliphatic rings. The number of nitrogen functional groups attached to an aromatic ring is 1. The number of anilines is 1. The molecule has 2 aromatic carbocycles. The third-order valence-electron chi connectivity index (χ3n) is 3.08. The van der Waals surface area contributed by atoms with Gasteiger partial charge in [-0.2, -0.15) is 0 Å². The zero-order chi connectivity index (χ0) is 13.1. The van der Waals surface area contributed by atoms with Crippen molar-refractivity contribution in [1.82, 2.24) is 0 Å². The molecule has 0 aliphatic heterocycles. The van der Waals surface area contributed by atoms with Crippen LogP contribution in [-0.4, -0.2) is 4.92 Å². The molecule has 2 aromatic rings. The standard InChI is InChI=1S/C14H14N2O2/c1-10(11-6-3-2-4-7-11)12-8-5-9-13(14(12)15)16(17)18/h2-10H,15H2,1H3. The van der Waals surface area contributed by atoms with Crippen molar-refractivity contribution in [2.24, 2.45) is 0 Å². The predicted octanol–water partition coefficient (Wildman–Crippen LogP) is 3.33. The van der Waals surface area contributed by atoms with E-state index in [1.54, 1.807) is 6.07 Å². The van der Waals surface area contributed by atoms with E-state index >= 15 is 0 Å². The summed E-state index contributed by atoms with van der Waals surface area (Å²) in [5.41, 5.74) is 7.97. The SMILES string of the molecule is CC(c1ccccc1)c1cccc([N+](=O)[O-])c1N. The zero-order valence-corrected chi connectivity index (χ0v) is 10.0. The molecule has 0 saturated carbocycles. The highest BCUT2D eigenvalue weighted by Gasteiger charge is 2.18. The number of nitro groups is 1. The quantitative estimate of drug-likeness (QED) is 0.510. The highest BCUT2D eigenvalue weighted by atomic mass is 16.6. The number of rotatable bonds is 3. The van der Waals surface area contributed by atoms with Crippen molar-refractivity contribution in [2.45, 2.75) is 12.8 Å². The molecule has 0 aromatic heterocycles. The average Bonchev–Trinajstić information content (AvgIpc) is 2.39. The van der Waals surface area contributed by atoms with Crippen LogP contribution in [0.1, 0.15) is 24.0 Å². The minimum atomic E-state index is -0.448. The van der Waals surface area contributed by atoms with Gasteiger partial charge in [-0.05, 0) is 11.1 Å². The van der Waals surface area contributed by atoms with E-state index < -0.39 is 4.92 Å². The number of hydrogen-bond acceptors (Lipinski definition) is 3. The van der Waals surface area contributed by atoms with Gasteiger partial charge in [0.15, 0.2) is 0 Å². The molecule has 92 valence electrons. The fraction of sp³-hybridized carbons (Fsp3) is 0.143. The van der Waals surface area contributed by atoms with Crippen LogP contribution in [-0.2, 0) is 0 Å². The molecular weight excluding hydrogens is 228 g/mol. The van der Waals surface area contributed by atoms with Crippen molar-refractivity contribution >= 4 is 11.4 Å². The van der Waals surface area contributed by atoms with Crippen LogP contribution in [0.4, 0.5) is 11.4 Å². The highest BCUT2D eigenvalue weighted by Crippen LogP contribution is 2.33. The van der Waals surface area contributed by atoms with Crippen molar-refractivity contribution in [3.05, 3.63) is 69.8 Å². The maximum Gasteiger partial charge on any atom is 0.292 e. The van der Waals surface area contributed by atoms with Crippen molar-refractivity contribution in [2.75, 3.05) is 5.73 Å². The van der Waals surface area contributed by atoms with Gasteiger partial charge in [-0.1, -0.05) is 49.4 Å². The van der Waals surface area contributed by atoms with Crippen molar-refractivity contribution in [3.8, 4) is 0 Å². The Bertz CT molecular complexity index is 567. The Morgan fingerprint density at radius 1 is 1.11 bits per heavy atom. The van der Waals surface area contributed by atoms with Gasteiger partial charge in [-0.15, -0.1) is 0 Å². The molecule has 18 heavy (non-hydrogen) atoms. The third-order valence-corrected chi connectivity index (χ3v) is 3.08. The number of nitro benzene ring substituents is 1. The first-order valence-corrected chi connectivity index (χ1v) is 5.69. The zero-order valence-electron chi connectivity index (χ0n) is 10.0. The Labute approximate surface area is 105 Å². The van der Waals surface area contributed by atoms with Gasteiger partial charge in [0.1, 0.15) is 5.69 Å². The van der Waals surface area contributed by atoms with Crippen LogP contribution in [0, 0.1) is 10.1 Å². The summed E-state index contributed by atoms with van der Waals surface area (Å²) in [6.45, 7) is 1.99. The Morgan fingerprint density at radius 2 is 1.78 bits per heavy atom. The monoisotopic (exact) mass is 242 g/mol. The van der Waals surface area contributed by atoms with E-state index in [9.17, 15) is 10.1 Å². The fourth-order valence-corrected chi connectivity index (χ4v) is 2.03. The van der Waals surface area contributed by atoms with Crippen molar-refractivity contribution in [1.29, 1.82) is 0 Å². The Balaban J connectivity index is 2.46. The fourth-order valence-electron chi connectivity index (χ4n) is 2.03. The molecule has 0 aliphatic carbocycles. The Hall–Kier alpha value is -2.36. The third kappa shape index (κ3) is 2.18. The minimum Gasteiger partial charge on any atom is -0.393 e. The van der Waals surface area contributed by atoms with E-state index in [1.807, 2.05) is 43.3 Å². The molecule has 0 amide bonds. The van der Waals surface area contributed by atoms with Gasteiger partial charge < -0.3 is 5.73 Å². The van der Waals surface area contributed by atoms with Gasteiger partial charge in [0.05, 0.1) is 4.92 Å². The highest BCUT2D eigenvalue weighted by molar-refractivity contribution is 5.65. The molecular formula is C14H14N2O2. The van der Waals surface area contributed by atoms with Crippen molar-refractivity contribution < 1.29 is 4.92 Å². The van der Waals surface area contributed by atoms with Gasteiger partial charge in [-0.3, -0.25) is 10.1 Å². The van der Waals surface area contributed by atoms with Gasteiger partial charge in [0, 0.05) is 12.0 Å². The summed E-state index contributed by atoms with van der Waals surface area (Å²) in [5, 5.41) is 10.9. The lowest BCUT2D eigenvalue weighted by Crippen LogP contribution is -2.04. The topological polar surface area (TPSA) is 69.2 Å². The van der Waals surface area contributed by atoms with Gasteiger partial charge >= 0.3 is 0 Å². The van der Waals surface area contributed by atoms with Crippen LogP contribution in [0.5, 0.6) is 0 Å². The maximum absolute atomic E-state index is 10.9. The summed E-state index contributed by atoms with van der Waals surface area (Å²) in [6.07, 6.45) is 0. The summed E-state index contributed by atoms with van der Waals surface area (Å²) in [6, 6.07) is 14.7. The van der Waals surface area contributed by atoms with Gasteiger partial charge in [0.25, 0.3) is 5.69 Å². The largest absolute Gasteiger partial charge is 0.393 e. The van der Waals surface area contributed by atoms with Gasteiger partial charge in [0.2, 0.25) is 0 Å². The first-order valence-electron chi connectivity index (χ1n) is 5.69. The molecule has 0 radical (unpaired) electrons. The number of nitrogens with two attached hydrogens (primary N) is 1. The number of hydrogen-bond donors (Lipinski definition) is 1. The lowest BCUT2D eigenvalue weighted by atomic mass is 9.91. The molecule has 2 N–H and O–H groups in total. The minimum absolute atomic E-state index is 0.0321. The second-order valence-electron chi connectivity index (χ2n) is 4.17. The summed E-state index contributed by atoms with van der Waals surface area (Å²) in [5.74, 6) is 0.0334.